The van der Waals surface area contributed by atoms with E-state index >= 15 is 0 Å². The highest BCUT2D eigenvalue weighted by Crippen LogP contribution is 2.34. The lowest BCUT2D eigenvalue weighted by molar-refractivity contribution is -0.154. The highest BCUT2D eigenvalue weighted by molar-refractivity contribution is 6.30. The van der Waals surface area contributed by atoms with E-state index in [1.807, 2.05) is 7.05 Å². The minimum Gasteiger partial charge on any atom is -0.490 e. The van der Waals surface area contributed by atoms with Crippen molar-refractivity contribution in [3.8, 4) is 5.75 Å². The first-order valence-corrected chi connectivity index (χ1v) is 12.4. The van der Waals surface area contributed by atoms with Gasteiger partial charge in [0.2, 0.25) is 5.91 Å². The van der Waals surface area contributed by atoms with E-state index in [1.165, 1.54) is 23.1 Å². The molecule has 2 aromatic carbocycles. The standard InChI is InChI=1S/C26H29ClF3N3O4/c1-31-9-11-32(12-10-31)23(34)16-25(18-36-20-6-4-5-19(27)15-20)17-33(13-14-37-25)24(35)21-7-2-3-8-22(21)26(28,29)30/h2-8,15H,9-14,16-18H2,1H3. The Bertz CT molecular complexity index is 1120. The van der Waals surface area contributed by atoms with Crippen molar-refractivity contribution in [3.63, 3.8) is 0 Å². The van der Waals surface area contributed by atoms with Gasteiger partial charge in [0.05, 0.1) is 30.7 Å². The van der Waals surface area contributed by atoms with Crippen LogP contribution in [-0.2, 0) is 15.7 Å². The van der Waals surface area contributed by atoms with Gasteiger partial charge in [-0.05, 0) is 37.4 Å². The summed E-state index contributed by atoms with van der Waals surface area (Å²) in [6.45, 7) is 2.54. The number of carbonyl (C=O) groups excluding carboxylic acids is 2. The van der Waals surface area contributed by atoms with Gasteiger partial charge in [-0.2, -0.15) is 13.2 Å². The second kappa shape index (κ2) is 11.3. The molecule has 0 saturated carbocycles. The summed E-state index contributed by atoms with van der Waals surface area (Å²) in [7, 11) is 1.98. The van der Waals surface area contributed by atoms with Crippen LogP contribution in [0.5, 0.6) is 5.75 Å². The molecule has 2 aliphatic rings. The van der Waals surface area contributed by atoms with Gasteiger partial charge in [-0.3, -0.25) is 9.59 Å². The van der Waals surface area contributed by atoms with Gasteiger partial charge in [0, 0.05) is 37.7 Å². The number of ether oxygens (including phenoxy) is 2. The number of carbonyl (C=O) groups is 2. The second-order valence-electron chi connectivity index (χ2n) is 9.41. The molecule has 0 radical (unpaired) electrons. The molecule has 0 aliphatic carbocycles. The fraction of sp³-hybridized carbons (Fsp3) is 0.462. The van der Waals surface area contributed by atoms with Gasteiger partial charge < -0.3 is 24.2 Å². The van der Waals surface area contributed by atoms with Crippen molar-refractivity contribution >= 4 is 23.4 Å². The summed E-state index contributed by atoms with van der Waals surface area (Å²) >= 11 is 6.06. The zero-order chi connectivity index (χ0) is 26.6. The SMILES string of the molecule is CN1CCN(C(=O)CC2(COc3cccc(Cl)c3)CN(C(=O)c3ccccc3C(F)(F)F)CCO2)CC1. The summed E-state index contributed by atoms with van der Waals surface area (Å²) in [5.74, 6) is -0.475. The number of hydrogen-bond donors (Lipinski definition) is 0. The number of benzene rings is 2. The normalized spacial score (nSPS) is 21.1. The molecule has 200 valence electrons. The average Bonchev–Trinajstić information content (AvgIpc) is 2.87. The maximum atomic E-state index is 13.6. The number of morpholine rings is 1. The van der Waals surface area contributed by atoms with Crippen LogP contribution in [0.3, 0.4) is 0 Å². The summed E-state index contributed by atoms with van der Waals surface area (Å²) in [5.41, 5.74) is -2.68. The van der Waals surface area contributed by atoms with Crippen LogP contribution in [0.25, 0.3) is 0 Å². The number of rotatable bonds is 6. The fourth-order valence-corrected chi connectivity index (χ4v) is 4.75. The Morgan fingerprint density at radius 2 is 1.76 bits per heavy atom. The molecule has 0 N–H and O–H groups in total. The molecule has 4 rings (SSSR count). The van der Waals surface area contributed by atoms with Crippen LogP contribution in [0, 0.1) is 0 Å². The molecule has 37 heavy (non-hydrogen) atoms. The molecule has 0 spiro atoms. The summed E-state index contributed by atoms with van der Waals surface area (Å²) < 4.78 is 52.8. The van der Waals surface area contributed by atoms with Gasteiger partial charge in [0.25, 0.3) is 5.91 Å². The molecule has 2 fully saturated rings. The van der Waals surface area contributed by atoms with Crippen molar-refractivity contribution in [1.29, 1.82) is 0 Å². The van der Waals surface area contributed by atoms with Gasteiger partial charge in [-0.25, -0.2) is 0 Å². The van der Waals surface area contributed by atoms with E-state index in [0.29, 0.717) is 23.9 Å². The average molecular weight is 540 g/mol. The lowest BCUT2D eigenvalue weighted by Gasteiger charge is -2.43. The number of hydrogen-bond acceptors (Lipinski definition) is 5. The van der Waals surface area contributed by atoms with Crippen molar-refractivity contribution in [2.45, 2.75) is 18.2 Å². The summed E-state index contributed by atoms with van der Waals surface area (Å²) in [6, 6.07) is 11.4. The Kier molecular flexibility index (Phi) is 8.30. The molecule has 11 heteroatoms. The minimum absolute atomic E-state index is 0.0504. The van der Waals surface area contributed by atoms with Crippen LogP contribution in [-0.4, -0.2) is 91.6 Å². The predicted molar refractivity (Wildman–Crippen MR) is 132 cm³/mol. The Morgan fingerprint density at radius 1 is 1.03 bits per heavy atom. The lowest BCUT2D eigenvalue weighted by Crippen LogP contribution is -2.59. The third-order valence-electron chi connectivity index (χ3n) is 6.63. The monoisotopic (exact) mass is 539 g/mol. The number of halogens is 4. The quantitative estimate of drug-likeness (QED) is 0.559. The maximum absolute atomic E-state index is 13.6. The fourth-order valence-electron chi connectivity index (χ4n) is 4.57. The van der Waals surface area contributed by atoms with Gasteiger partial charge in [0.15, 0.2) is 0 Å². The Balaban J connectivity index is 1.57. The first kappa shape index (κ1) is 27.2. The maximum Gasteiger partial charge on any atom is 0.417 e. The highest BCUT2D eigenvalue weighted by atomic mass is 35.5. The molecule has 2 aliphatic heterocycles. The van der Waals surface area contributed by atoms with Gasteiger partial charge in [0.1, 0.15) is 18.0 Å². The number of nitrogens with zero attached hydrogens (tertiary/aromatic N) is 3. The molecule has 1 unspecified atom stereocenters. The van der Waals surface area contributed by atoms with E-state index in [4.69, 9.17) is 21.1 Å². The van der Waals surface area contributed by atoms with Crippen LogP contribution in [0.4, 0.5) is 13.2 Å². The van der Waals surface area contributed by atoms with Crippen LogP contribution in [0.2, 0.25) is 5.02 Å². The van der Waals surface area contributed by atoms with Crippen LogP contribution in [0.1, 0.15) is 22.3 Å². The molecule has 2 saturated heterocycles. The third kappa shape index (κ3) is 6.74. The number of alkyl halides is 3. The molecule has 0 aromatic heterocycles. The van der Waals surface area contributed by atoms with Crippen molar-refractivity contribution in [2.75, 3.05) is 59.5 Å². The number of amides is 2. The van der Waals surface area contributed by atoms with Crippen LogP contribution >= 0.6 is 11.6 Å². The summed E-state index contributed by atoms with van der Waals surface area (Å²) in [6.07, 6.45) is -4.76. The Hall–Kier alpha value is -2.82. The van der Waals surface area contributed by atoms with E-state index < -0.39 is 28.8 Å². The van der Waals surface area contributed by atoms with Crippen LogP contribution < -0.4 is 4.74 Å². The largest absolute Gasteiger partial charge is 0.490 e. The summed E-state index contributed by atoms with van der Waals surface area (Å²) in [4.78, 5) is 31.8. The molecule has 2 aromatic rings. The van der Waals surface area contributed by atoms with E-state index in [-0.39, 0.29) is 38.6 Å². The van der Waals surface area contributed by atoms with E-state index in [1.54, 1.807) is 29.2 Å². The molecule has 2 heterocycles. The zero-order valence-corrected chi connectivity index (χ0v) is 21.2. The molecular weight excluding hydrogens is 511 g/mol. The molecule has 0 bridgehead atoms. The Morgan fingerprint density at radius 3 is 2.46 bits per heavy atom. The van der Waals surface area contributed by atoms with Crippen LogP contribution in [0.15, 0.2) is 48.5 Å². The molecular formula is C26H29ClF3N3O4. The lowest BCUT2D eigenvalue weighted by atomic mass is 9.95. The Labute approximate surface area is 218 Å². The van der Waals surface area contributed by atoms with E-state index in [0.717, 1.165) is 19.2 Å². The number of piperazine rings is 1. The number of likely N-dealkylation sites (N-methyl/N-ethyl adjacent to an activating group) is 1. The first-order valence-electron chi connectivity index (χ1n) is 12.0. The second-order valence-corrected chi connectivity index (χ2v) is 9.84. The summed E-state index contributed by atoms with van der Waals surface area (Å²) in [5, 5.41) is 0.463. The van der Waals surface area contributed by atoms with E-state index in [2.05, 4.69) is 4.90 Å². The zero-order valence-electron chi connectivity index (χ0n) is 20.5. The van der Waals surface area contributed by atoms with Crippen molar-refractivity contribution in [2.24, 2.45) is 0 Å². The first-order chi connectivity index (χ1) is 17.6. The van der Waals surface area contributed by atoms with Crippen molar-refractivity contribution in [1.82, 2.24) is 14.7 Å². The highest BCUT2D eigenvalue weighted by Gasteiger charge is 2.44. The topological polar surface area (TPSA) is 62.3 Å². The van der Waals surface area contributed by atoms with Crippen molar-refractivity contribution in [3.05, 3.63) is 64.7 Å². The van der Waals surface area contributed by atoms with Gasteiger partial charge >= 0.3 is 6.18 Å². The van der Waals surface area contributed by atoms with Gasteiger partial charge in [-0.15, -0.1) is 0 Å². The van der Waals surface area contributed by atoms with Gasteiger partial charge in [-0.1, -0.05) is 29.8 Å². The molecule has 7 nitrogen and oxygen atoms in total. The molecule has 1 atom stereocenters. The molecule has 2 amide bonds. The predicted octanol–water partition coefficient (Wildman–Crippen LogP) is 3.81. The smallest absolute Gasteiger partial charge is 0.417 e. The minimum atomic E-state index is -4.68. The van der Waals surface area contributed by atoms with Crippen molar-refractivity contribution < 1.29 is 32.2 Å². The third-order valence-corrected chi connectivity index (χ3v) is 6.86. The van der Waals surface area contributed by atoms with E-state index in [9.17, 15) is 22.8 Å².